The van der Waals surface area contributed by atoms with Gasteiger partial charge in [-0.2, -0.15) is 0 Å². The van der Waals surface area contributed by atoms with Crippen molar-refractivity contribution in [3.8, 4) is 11.3 Å². The number of hydrogen-bond donors (Lipinski definition) is 2. The third-order valence-corrected chi connectivity index (χ3v) is 3.89. The standard InChI is InChI=1S/C19H16ClN3O3/c1-11-6-7-15(21-12(2)24)9-16(11)22-19(25)17-10-18(26-23-17)13-4-3-5-14(20)8-13/h3-10H,1-2H3,(H,21,24)(H,22,25). The van der Waals surface area contributed by atoms with Crippen LogP contribution in [0.3, 0.4) is 0 Å². The van der Waals surface area contributed by atoms with Crippen LogP contribution < -0.4 is 10.6 Å². The summed E-state index contributed by atoms with van der Waals surface area (Å²) in [6.07, 6.45) is 0. The Balaban J connectivity index is 1.80. The summed E-state index contributed by atoms with van der Waals surface area (Å²) in [7, 11) is 0. The van der Waals surface area contributed by atoms with Crippen molar-refractivity contribution < 1.29 is 14.1 Å². The Morgan fingerprint density at radius 1 is 1.08 bits per heavy atom. The predicted octanol–water partition coefficient (Wildman–Crippen LogP) is 4.51. The van der Waals surface area contributed by atoms with Crippen LogP contribution in [0.2, 0.25) is 5.02 Å². The van der Waals surface area contributed by atoms with Crippen molar-refractivity contribution in [2.45, 2.75) is 13.8 Å². The van der Waals surface area contributed by atoms with E-state index < -0.39 is 5.91 Å². The number of nitrogens with one attached hydrogen (secondary N) is 2. The molecular formula is C19H16ClN3O3. The fourth-order valence-electron chi connectivity index (χ4n) is 2.38. The quantitative estimate of drug-likeness (QED) is 0.708. The molecule has 2 aromatic carbocycles. The second-order valence-electron chi connectivity index (χ2n) is 5.75. The van der Waals surface area contributed by atoms with Crippen LogP contribution in [0.5, 0.6) is 0 Å². The summed E-state index contributed by atoms with van der Waals surface area (Å²) in [5.41, 5.74) is 2.90. The number of nitrogens with zero attached hydrogens (tertiary/aromatic N) is 1. The summed E-state index contributed by atoms with van der Waals surface area (Å²) >= 11 is 5.97. The SMILES string of the molecule is CC(=O)Nc1ccc(C)c(NC(=O)c2cc(-c3cccc(Cl)c3)on2)c1. The molecule has 0 aliphatic heterocycles. The highest BCUT2D eigenvalue weighted by Gasteiger charge is 2.15. The van der Waals surface area contributed by atoms with Gasteiger partial charge in [0.1, 0.15) is 0 Å². The van der Waals surface area contributed by atoms with E-state index in [2.05, 4.69) is 15.8 Å². The number of rotatable bonds is 4. The van der Waals surface area contributed by atoms with Gasteiger partial charge in [-0.15, -0.1) is 0 Å². The summed E-state index contributed by atoms with van der Waals surface area (Å²) in [4.78, 5) is 23.6. The van der Waals surface area contributed by atoms with E-state index in [1.807, 2.05) is 13.0 Å². The minimum Gasteiger partial charge on any atom is -0.355 e. The first-order valence-corrected chi connectivity index (χ1v) is 8.22. The van der Waals surface area contributed by atoms with Crippen molar-refractivity contribution in [3.63, 3.8) is 0 Å². The lowest BCUT2D eigenvalue weighted by Gasteiger charge is -2.09. The van der Waals surface area contributed by atoms with E-state index in [9.17, 15) is 9.59 Å². The van der Waals surface area contributed by atoms with E-state index in [1.165, 1.54) is 6.92 Å². The fraction of sp³-hybridized carbons (Fsp3) is 0.105. The number of halogens is 1. The number of carbonyl (C=O) groups is 2. The van der Waals surface area contributed by atoms with E-state index in [1.54, 1.807) is 42.5 Å². The first-order valence-electron chi connectivity index (χ1n) is 7.84. The zero-order valence-electron chi connectivity index (χ0n) is 14.2. The molecule has 0 spiro atoms. The van der Waals surface area contributed by atoms with Gasteiger partial charge in [0.25, 0.3) is 5.91 Å². The molecule has 6 nitrogen and oxygen atoms in total. The topological polar surface area (TPSA) is 84.2 Å². The number of benzene rings is 2. The van der Waals surface area contributed by atoms with E-state index >= 15 is 0 Å². The van der Waals surface area contributed by atoms with Gasteiger partial charge < -0.3 is 15.2 Å². The van der Waals surface area contributed by atoms with Crippen molar-refractivity contribution in [2.75, 3.05) is 10.6 Å². The van der Waals surface area contributed by atoms with Crippen molar-refractivity contribution in [2.24, 2.45) is 0 Å². The van der Waals surface area contributed by atoms with Gasteiger partial charge in [0.15, 0.2) is 11.5 Å². The van der Waals surface area contributed by atoms with Crippen LogP contribution in [0.25, 0.3) is 11.3 Å². The molecule has 7 heteroatoms. The molecule has 0 aliphatic rings. The number of hydrogen-bond acceptors (Lipinski definition) is 4. The number of anilines is 2. The Bertz CT molecular complexity index is 982. The number of carbonyl (C=O) groups excluding carboxylic acids is 2. The first kappa shape index (κ1) is 17.7. The molecule has 0 bridgehead atoms. The van der Waals surface area contributed by atoms with Crippen molar-refractivity contribution in [1.82, 2.24) is 5.16 Å². The smallest absolute Gasteiger partial charge is 0.277 e. The maximum Gasteiger partial charge on any atom is 0.277 e. The van der Waals surface area contributed by atoms with Crippen LogP contribution >= 0.6 is 11.6 Å². The average Bonchev–Trinajstić information content (AvgIpc) is 3.07. The molecule has 0 unspecified atom stereocenters. The van der Waals surface area contributed by atoms with Crippen molar-refractivity contribution >= 4 is 34.8 Å². The van der Waals surface area contributed by atoms with Crippen LogP contribution in [0.4, 0.5) is 11.4 Å². The Morgan fingerprint density at radius 2 is 1.88 bits per heavy atom. The minimum atomic E-state index is -0.412. The molecule has 1 aromatic heterocycles. The largest absolute Gasteiger partial charge is 0.355 e. The summed E-state index contributed by atoms with van der Waals surface area (Å²) in [5, 5.41) is 9.84. The highest BCUT2D eigenvalue weighted by molar-refractivity contribution is 6.30. The lowest BCUT2D eigenvalue weighted by molar-refractivity contribution is -0.114. The number of aryl methyl sites for hydroxylation is 1. The Hall–Kier alpha value is -3.12. The molecule has 1 heterocycles. The molecule has 0 aliphatic carbocycles. The third-order valence-electron chi connectivity index (χ3n) is 3.66. The van der Waals surface area contributed by atoms with E-state index in [0.717, 1.165) is 11.1 Å². The molecule has 26 heavy (non-hydrogen) atoms. The lowest BCUT2D eigenvalue weighted by atomic mass is 10.1. The maximum absolute atomic E-state index is 12.5. The molecule has 132 valence electrons. The molecular weight excluding hydrogens is 354 g/mol. The zero-order valence-corrected chi connectivity index (χ0v) is 14.9. The molecule has 0 radical (unpaired) electrons. The van der Waals surface area contributed by atoms with Gasteiger partial charge in [0.2, 0.25) is 5.91 Å². The van der Waals surface area contributed by atoms with Crippen LogP contribution in [0, 0.1) is 6.92 Å². The van der Waals surface area contributed by atoms with Gasteiger partial charge in [-0.25, -0.2) is 0 Å². The molecule has 0 atom stereocenters. The average molecular weight is 370 g/mol. The predicted molar refractivity (Wildman–Crippen MR) is 100 cm³/mol. The van der Waals surface area contributed by atoms with Gasteiger partial charge in [0.05, 0.1) is 0 Å². The Kier molecular flexibility index (Phi) is 5.04. The molecule has 0 saturated heterocycles. The van der Waals surface area contributed by atoms with Gasteiger partial charge in [0, 0.05) is 35.0 Å². The normalized spacial score (nSPS) is 10.4. The third kappa shape index (κ3) is 4.10. The molecule has 2 N–H and O–H groups in total. The maximum atomic E-state index is 12.5. The number of amides is 2. The van der Waals surface area contributed by atoms with Crippen LogP contribution in [-0.2, 0) is 4.79 Å². The zero-order chi connectivity index (χ0) is 18.7. The summed E-state index contributed by atoms with van der Waals surface area (Å²) < 4.78 is 5.24. The summed E-state index contributed by atoms with van der Waals surface area (Å²) in [6.45, 7) is 3.28. The molecule has 0 saturated carbocycles. The monoisotopic (exact) mass is 369 g/mol. The minimum absolute atomic E-state index is 0.143. The highest BCUT2D eigenvalue weighted by Crippen LogP contribution is 2.25. The number of aromatic nitrogens is 1. The van der Waals surface area contributed by atoms with Crippen molar-refractivity contribution in [1.29, 1.82) is 0 Å². The van der Waals surface area contributed by atoms with Gasteiger partial charge in [-0.3, -0.25) is 9.59 Å². The van der Waals surface area contributed by atoms with Crippen LogP contribution in [0.1, 0.15) is 23.0 Å². The van der Waals surface area contributed by atoms with Gasteiger partial charge in [-0.1, -0.05) is 35.0 Å². The second kappa shape index (κ2) is 7.41. The molecule has 3 rings (SSSR count). The highest BCUT2D eigenvalue weighted by atomic mass is 35.5. The first-order chi connectivity index (χ1) is 12.4. The lowest BCUT2D eigenvalue weighted by Crippen LogP contribution is -2.14. The van der Waals surface area contributed by atoms with Crippen LogP contribution in [0.15, 0.2) is 53.1 Å². The summed E-state index contributed by atoms with van der Waals surface area (Å²) in [5.74, 6) is -0.153. The van der Waals surface area contributed by atoms with Crippen molar-refractivity contribution in [3.05, 3.63) is 64.8 Å². The van der Waals surface area contributed by atoms with E-state index in [4.69, 9.17) is 16.1 Å². The van der Waals surface area contributed by atoms with E-state index in [0.29, 0.717) is 22.2 Å². The molecule has 3 aromatic rings. The Labute approximate surface area is 155 Å². The second-order valence-corrected chi connectivity index (χ2v) is 6.19. The Morgan fingerprint density at radius 3 is 2.62 bits per heavy atom. The molecule has 2 amide bonds. The van der Waals surface area contributed by atoms with Crippen LogP contribution in [-0.4, -0.2) is 17.0 Å². The fourth-order valence-corrected chi connectivity index (χ4v) is 2.57. The van der Waals surface area contributed by atoms with E-state index in [-0.39, 0.29) is 11.6 Å². The van der Waals surface area contributed by atoms with Gasteiger partial charge in [-0.05, 0) is 36.8 Å². The molecule has 0 fully saturated rings. The summed E-state index contributed by atoms with van der Waals surface area (Å²) in [6, 6.07) is 13.9. The van der Waals surface area contributed by atoms with Gasteiger partial charge >= 0.3 is 0 Å².